The van der Waals surface area contributed by atoms with E-state index in [0.29, 0.717) is 24.4 Å². The number of rotatable bonds is 5. The monoisotopic (exact) mass is 500 g/mol. The Morgan fingerprint density at radius 2 is 1.97 bits per heavy atom. The maximum atomic E-state index is 13.9. The molecule has 2 aromatic rings. The third-order valence-corrected chi connectivity index (χ3v) is 7.54. The van der Waals surface area contributed by atoms with Gasteiger partial charge in [-0.05, 0) is 30.7 Å². The van der Waals surface area contributed by atoms with Crippen molar-refractivity contribution in [2.45, 2.75) is 58.4 Å². The van der Waals surface area contributed by atoms with Crippen molar-refractivity contribution < 1.29 is 23.5 Å². The van der Waals surface area contributed by atoms with Crippen LogP contribution in [0.25, 0.3) is 0 Å². The third kappa shape index (κ3) is 4.17. The largest absolute Gasteiger partial charge is 0.503 e. The Hall–Kier alpha value is -3.27. The molecule has 2 aliphatic heterocycles. The van der Waals surface area contributed by atoms with E-state index in [4.69, 9.17) is 0 Å². The van der Waals surface area contributed by atoms with E-state index < -0.39 is 34.6 Å². The minimum Gasteiger partial charge on any atom is -0.503 e. The Bertz CT molecular complexity index is 1280. The molecule has 5 rings (SSSR count). The first-order valence-corrected chi connectivity index (χ1v) is 12.4. The van der Waals surface area contributed by atoms with Crippen molar-refractivity contribution in [1.29, 1.82) is 0 Å². The molecule has 1 saturated heterocycles. The average molecular weight is 501 g/mol. The number of fused-ring (bicyclic) bond motifs is 4. The van der Waals surface area contributed by atoms with E-state index in [9.17, 15) is 28.3 Å². The molecule has 10 heteroatoms. The summed E-state index contributed by atoms with van der Waals surface area (Å²) in [6, 6.07) is 3.06. The summed E-state index contributed by atoms with van der Waals surface area (Å²) in [5, 5.41) is 13.2. The van der Waals surface area contributed by atoms with Gasteiger partial charge in [-0.25, -0.2) is 8.78 Å². The number of carbonyl (C=O) groups excluding carboxylic acids is 2. The predicted octanol–water partition coefficient (Wildman–Crippen LogP) is 2.68. The molecule has 0 spiro atoms. The maximum absolute atomic E-state index is 13.9. The molecule has 0 radical (unpaired) electrons. The summed E-state index contributed by atoms with van der Waals surface area (Å²) in [5.41, 5.74) is -1.35. The first kappa shape index (κ1) is 24.4. The number of carbonyl (C=O) groups is 2. The zero-order chi connectivity index (χ0) is 25.7. The lowest BCUT2D eigenvalue weighted by atomic mass is 9.93. The first-order chi connectivity index (χ1) is 17.2. The van der Waals surface area contributed by atoms with E-state index in [2.05, 4.69) is 24.1 Å². The van der Waals surface area contributed by atoms with Gasteiger partial charge in [0.2, 0.25) is 5.43 Å². The SMILES string of the molecule is CC(C)CN1CC2CCC[C@@H]2N2C(=O)c3c(O)c(=O)c(C(=O)NCc4ccc(F)cc4F)cn3C[C@@H]12. The molecule has 36 heavy (non-hydrogen) atoms. The highest BCUT2D eigenvalue weighted by molar-refractivity contribution is 5.99. The Kier molecular flexibility index (Phi) is 6.32. The normalized spacial score (nSPS) is 23.4. The number of hydrogen-bond acceptors (Lipinski definition) is 5. The summed E-state index contributed by atoms with van der Waals surface area (Å²) in [4.78, 5) is 43.6. The van der Waals surface area contributed by atoms with Crippen LogP contribution in [-0.4, -0.2) is 56.6 Å². The predicted molar refractivity (Wildman–Crippen MR) is 127 cm³/mol. The van der Waals surface area contributed by atoms with E-state index >= 15 is 0 Å². The second-order valence-electron chi connectivity index (χ2n) is 10.4. The van der Waals surface area contributed by atoms with Crippen molar-refractivity contribution in [3.05, 3.63) is 63.1 Å². The van der Waals surface area contributed by atoms with E-state index in [1.165, 1.54) is 16.8 Å². The Balaban J connectivity index is 1.46. The van der Waals surface area contributed by atoms with Gasteiger partial charge in [-0.1, -0.05) is 26.3 Å². The highest BCUT2D eigenvalue weighted by atomic mass is 19.1. The zero-order valence-electron chi connectivity index (χ0n) is 20.3. The molecular weight excluding hydrogens is 470 g/mol. The van der Waals surface area contributed by atoms with Gasteiger partial charge in [-0.15, -0.1) is 0 Å². The fourth-order valence-corrected chi connectivity index (χ4v) is 5.98. The van der Waals surface area contributed by atoms with Crippen molar-refractivity contribution in [2.24, 2.45) is 11.8 Å². The molecule has 3 atom stereocenters. The zero-order valence-corrected chi connectivity index (χ0v) is 20.3. The second-order valence-corrected chi connectivity index (χ2v) is 10.4. The van der Waals surface area contributed by atoms with Crippen molar-refractivity contribution in [3.8, 4) is 5.75 Å². The fraction of sp³-hybridized carbons (Fsp3) is 0.500. The fourth-order valence-electron chi connectivity index (χ4n) is 5.98. The standard InChI is InChI=1S/C26H30F2N4O4/c1-14(2)10-30-11-16-4-3-5-20(16)32-21(30)13-31-12-18(23(33)24(34)22(31)26(32)36)25(35)29-9-15-6-7-17(27)8-19(15)28/h6-8,12,14,16,20-21,34H,3-5,9-11,13H2,1-2H3,(H,29,35)/t16?,20-,21-/m0/s1. The van der Waals surface area contributed by atoms with Gasteiger partial charge >= 0.3 is 0 Å². The Morgan fingerprint density at radius 1 is 1.19 bits per heavy atom. The molecular formula is C26H30F2N4O4. The highest BCUT2D eigenvalue weighted by Gasteiger charge is 2.49. The van der Waals surface area contributed by atoms with Gasteiger partial charge in [0, 0.05) is 43.5 Å². The molecule has 2 fully saturated rings. The summed E-state index contributed by atoms with van der Waals surface area (Å²) in [7, 11) is 0. The van der Waals surface area contributed by atoms with E-state index in [-0.39, 0.29) is 35.6 Å². The molecule has 3 heterocycles. The van der Waals surface area contributed by atoms with Gasteiger partial charge in [0.05, 0.1) is 6.54 Å². The van der Waals surface area contributed by atoms with Gasteiger partial charge in [0.15, 0.2) is 11.4 Å². The van der Waals surface area contributed by atoms with Crippen LogP contribution >= 0.6 is 0 Å². The van der Waals surface area contributed by atoms with Crippen LogP contribution in [0.3, 0.4) is 0 Å². The number of nitrogens with one attached hydrogen (secondary N) is 1. The molecule has 1 saturated carbocycles. The quantitative estimate of drug-likeness (QED) is 0.659. The number of aromatic nitrogens is 1. The molecule has 1 aromatic heterocycles. The second kappa shape index (κ2) is 9.31. The molecule has 1 aliphatic carbocycles. The van der Waals surface area contributed by atoms with Gasteiger partial charge in [-0.3, -0.25) is 19.3 Å². The van der Waals surface area contributed by atoms with E-state index in [1.54, 1.807) is 0 Å². The van der Waals surface area contributed by atoms with Gasteiger partial charge < -0.3 is 19.9 Å². The van der Waals surface area contributed by atoms with Crippen LogP contribution in [0.5, 0.6) is 5.75 Å². The summed E-state index contributed by atoms with van der Waals surface area (Å²) in [5.74, 6) is -2.78. The molecule has 2 N–H and O–H groups in total. The minimum atomic E-state index is -0.954. The average Bonchev–Trinajstić information content (AvgIpc) is 3.28. The third-order valence-electron chi connectivity index (χ3n) is 7.54. The number of benzene rings is 1. The number of halogens is 2. The molecule has 2 amide bonds. The molecule has 3 aliphatic rings. The van der Waals surface area contributed by atoms with Gasteiger partial charge in [0.25, 0.3) is 11.8 Å². The van der Waals surface area contributed by atoms with E-state index in [0.717, 1.165) is 38.4 Å². The Labute approximate surface area is 207 Å². The van der Waals surface area contributed by atoms with Crippen LogP contribution in [0.4, 0.5) is 8.78 Å². The number of hydrogen-bond donors (Lipinski definition) is 2. The van der Waals surface area contributed by atoms with Crippen LogP contribution < -0.4 is 10.7 Å². The topological polar surface area (TPSA) is 94.9 Å². The van der Waals surface area contributed by atoms with Crippen molar-refractivity contribution in [3.63, 3.8) is 0 Å². The summed E-state index contributed by atoms with van der Waals surface area (Å²) < 4.78 is 28.6. The molecule has 0 bridgehead atoms. The van der Waals surface area contributed by atoms with Gasteiger partial charge in [0.1, 0.15) is 23.4 Å². The number of amides is 2. The number of aromatic hydroxyl groups is 1. The van der Waals surface area contributed by atoms with Gasteiger partial charge in [-0.2, -0.15) is 0 Å². The van der Waals surface area contributed by atoms with Crippen molar-refractivity contribution in [1.82, 2.24) is 19.7 Å². The summed E-state index contributed by atoms with van der Waals surface area (Å²) in [6.07, 6.45) is 4.04. The molecule has 8 nitrogen and oxygen atoms in total. The van der Waals surface area contributed by atoms with Crippen LogP contribution in [0.1, 0.15) is 59.5 Å². The van der Waals surface area contributed by atoms with Crippen LogP contribution in [0, 0.1) is 23.5 Å². The smallest absolute Gasteiger partial charge is 0.276 e. The molecule has 192 valence electrons. The molecule has 1 aromatic carbocycles. The number of pyridine rings is 1. The van der Waals surface area contributed by atoms with Crippen LogP contribution in [0.15, 0.2) is 29.2 Å². The first-order valence-electron chi connectivity index (χ1n) is 12.4. The molecule has 1 unspecified atom stereocenters. The lowest BCUT2D eigenvalue weighted by Crippen LogP contribution is -2.66. The van der Waals surface area contributed by atoms with Crippen LogP contribution in [0.2, 0.25) is 0 Å². The summed E-state index contributed by atoms with van der Waals surface area (Å²) in [6.45, 7) is 5.98. The van der Waals surface area contributed by atoms with Crippen LogP contribution in [-0.2, 0) is 13.1 Å². The number of nitrogens with zero attached hydrogens (tertiary/aromatic N) is 3. The van der Waals surface area contributed by atoms with Crippen molar-refractivity contribution in [2.75, 3.05) is 13.1 Å². The highest BCUT2D eigenvalue weighted by Crippen LogP contribution is 2.40. The lowest BCUT2D eigenvalue weighted by molar-refractivity contribution is -0.0580. The summed E-state index contributed by atoms with van der Waals surface area (Å²) >= 11 is 0. The Morgan fingerprint density at radius 3 is 2.69 bits per heavy atom. The maximum Gasteiger partial charge on any atom is 0.276 e. The van der Waals surface area contributed by atoms with Crippen molar-refractivity contribution >= 4 is 11.8 Å². The van der Waals surface area contributed by atoms with E-state index in [1.807, 2.05) is 4.90 Å². The minimum absolute atomic E-state index is 0.0514. The lowest BCUT2D eigenvalue weighted by Gasteiger charge is -2.53.